The fourth-order valence-electron chi connectivity index (χ4n) is 5.33. The number of benzene rings is 2. The number of anilines is 1. The Balaban J connectivity index is 1.38. The summed E-state index contributed by atoms with van der Waals surface area (Å²) in [6.07, 6.45) is 0.125. The third-order valence-electron chi connectivity index (χ3n) is 7.68. The lowest BCUT2D eigenvalue weighted by molar-refractivity contribution is -0.143. The molecule has 2 amide bonds. The van der Waals surface area contributed by atoms with Gasteiger partial charge in [-0.1, -0.05) is 0 Å². The van der Waals surface area contributed by atoms with E-state index in [-0.39, 0.29) is 30.0 Å². The molecule has 0 saturated carbocycles. The molecule has 232 valence electrons. The summed E-state index contributed by atoms with van der Waals surface area (Å²) in [7, 11) is 1.92. The molecule has 3 atom stereocenters. The number of fused-ring (bicyclic) bond motifs is 2. The largest absolute Gasteiger partial charge is 0.481 e. The summed E-state index contributed by atoms with van der Waals surface area (Å²) in [6, 6.07) is 7.55. The molecule has 2 aromatic carbocycles. The van der Waals surface area contributed by atoms with Gasteiger partial charge in [0.1, 0.15) is 17.9 Å². The number of rotatable bonds is 13. The van der Waals surface area contributed by atoms with Crippen LogP contribution in [0.2, 0.25) is 0 Å². The highest BCUT2D eigenvalue weighted by molar-refractivity contribution is 5.97. The molecule has 1 aromatic heterocycles. The highest BCUT2D eigenvalue weighted by Crippen LogP contribution is 2.38. The van der Waals surface area contributed by atoms with Crippen molar-refractivity contribution in [2.24, 2.45) is 0 Å². The second kappa shape index (κ2) is 13.4. The third kappa shape index (κ3) is 7.38. The van der Waals surface area contributed by atoms with E-state index in [1.807, 2.05) is 19.2 Å². The molecule has 0 spiro atoms. The Morgan fingerprint density at radius 2 is 1.61 bits per heavy atom. The van der Waals surface area contributed by atoms with Gasteiger partial charge in [-0.15, -0.1) is 0 Å². The van der Waals surface area contributed by atoms with Gasteiger partial charge in [0.05, 0.1) is 16.9 Å². The molecule has 0 saturated heterocycles. The fourth-order valence-corrected chi connectivity index (χ4v) is 5.33. The van der Waals surface area contributed by atoms with Gasteiger partial charge >= 0.3 is 17.9 Å². The van der Waals surface area contributed by atoms with Crippen LogP contribution in [0.3, 0.4) is 0 Å². The van der Waals surface area contributed by atoms with Gasteiger partial charge in [-0.2, -0.15) is 0 Å². The Bertz CT molecular complexity index is 1670. The lowest BCUT2D eigenvalue weighted by Gasteiger charge is -2.28. The molecule has 14 nitrogen and oxygen atoms in total. The monoisotopic (exact) mass is 607 g/mol. The number of hydrogen-bond donors (Lipinski definition) is 6. The predicted octanol–water partition coefficient (Wildman–Crippen LogP) is 1.75. The molecule has 1 aliphatic carbocycles. The van der Waals surface area contributed by atoms with Crippen molar-refractivity contribution in [1.82, 2.24) is 20.6 Å². The van der Waals surface area contributed by atoms with Gasteiger partial charge in [-0.25, -0.2) is 14.6 Å². The molecule has 0 radical (unpaired) electrons. The summed E-state index contributed by atoms with van der Waals surface area (Å²) in [4.78, 5) is 80.6. The number of carbonyl (C=O) groups is 5. The zero-order valence-electron chi connectivity index (χ0n) is 24.1. The summed E-state index contributed by atoms with van der Waals surface area (Å²) >= 11 is 0. The zero-order valence-corrected chi connectivity index (χ0v) is 24.1. The number of aromatic amines is 1. The Kier molecular flexibility index (Phi) is 9.61. The van der Waals surface area contributed by atoms with E-state index in [2.05, 4.69) is 25.5 Å². The van der Waals surface area contributed by atoms with Crippen molar-refractivity contribution in [2.45, 2.75) is 63.6 Å². The van der Waals surface area contributed by atoms with E-state index in [1.54, 1.807) is 31.2 Å². The molecule has 0 bridgehead atoms. The van der Waals surface area contributed by atoms with E-state index in [9.17, 15) is 39.0 Å². The van der Waals surface area contributed by atoms with E-state index < -0.39 is 54.6 Å². The third-order valence-corrected chi connectivity index (χ3v) is 7.68. The van der Waals surface area contributed by atoms with Crippen LogP contribution in [0.15, 0.2) is 41.2 Å². The van der Waals surface area contributed by atoms with Crippen LogP contribution in [-0.2, 0) is 25.6 Å². The average molecular weight is 608 g/mol. The number of nitrogens with one attached hydrogen (secondary N) is 3. The number of nitrogens with zero attached hydrogens (tertiary/aromatic N) is 2. The SMILES string of the molecule is Cc1nc2cc3c(cc2c(=O)[nH]1)C(N(C)c1ccc(C(=O)N[C@@H](CCC(=O)N[C@H](CCC(=O)O)C(=O)O)C(=O)O)cc1)CC3. The number of carbonyl (C=O) groups excluding carboxylic acids is 2. The van der Waals surface area contributed by atoms with Crippen LogP contribution >= 0.6 is 0 Å². The first-order chi connectivity index (χ1) is 20.8. The van der Waals surface area contributed by atoms with Crippen LogP contribution in [0.1, 0.15) is 65.5 Å². The molecular weight excluding hydrogens is 574 g/mol. The number of carboxylic acids is 3. The zero-order chi connectivity index (χ0) is 32.1. The molecule has 1 aliphatic rings. The van der Waals surface area contributed by atoms with Crippen LogP contribution in [-0.4, -0.2) is 74.1 Å². The van der Waals surface area contributed by atoms with Gasteiger partial charge in [-0.05, 0) is 80.1 Å². The normalized spacial score (nSPS) is 15.2. The quantitative estimate of drug-likeness (QED) is 0.164. The van der Waals surface area contributed by atoms with Gasteiger partial charge in [0, 0.05) is 31.1 Å². The highest BCUT2D eigenvalue weighted by atomic mass is 16.4. The van der Waals surface area contributed by atoms with Gasteiger partial charge < -0.3 is 35.8 Å². The molecule has 0 fully saturated rings. The summed E-state index contributed by atoms with van der Waals surface area (Å²) < 4.78 is 0. The minimum absolute atomic E-state index is 0.0119. The van der Waals surface area contributed by atoms with Gasteiger partial charge in [0.2, 0.25) is 5.91 Å². The second-order valence-corrected chi connectivity index (χ2v) is 10.7. The van der Waals surface area contributed by atoms with Crippen LogP contribution in [0.5, 0.6) is 0 Å². The molecule has 3 aromatic rings. The Hall–Kier alpha value is -5.27. The fraction of sp³-hybridized carbons (Fsp3) is 0.367. The molecule has 1 unspecified atom stereocenters. The molecule has 0 aliphatic heterocycles. The second-order valence-electron chi connectivity index (χ2n) is 10.7. The van der Waals surface area contributed by atoms with E-state index in [0.717, 1.165) is 29.7 Å². The Labute approximate surface area is 251 Å². The highest BCUT2D eigenvalue weighted by Gasteiger charge is 2.28. The molecule has 14 heteroatoms. The first-order valence-corrected chi connectivity index (χ1v) is 14.0. The van der Waals surface area contributed by atoms with Crippen molar-refractivity contribution >= 4 is 46.3 Å². The number of H-pyrrole nitrogens is 1. The minimum Gasteiger partial charge on any atom is -0.481 e. The number of aryl methyl sites for hydroxylation is 2. The molecule has 44 heavy (non-hydrogen) atoms. The predicted molar refractivity (Wildman–Crippen MR) is 158 cm³/mol. The van der Waals surface area contributed by atoms with Crippen molar-refractivity contribution in [2.75, 3.05) is 11.9 Å². The van der Waals surface area contributed by atoms with Crippen molar-refractivity contribution in [3.8, 4) is 0 Å². The van der Waals surface area contributed by atoms with Gasteiger partial charge in [0.15, 0.2) is 0 Å². The van der Waals surface area contributed by atoms with Crippen molar-refractivity contribution < 1.29 is 39.3 Å². The maximum Gasteiger partial charge on any atom is 0.326 e. The van der Waals surface area contributed by atoms with Crippen molar-refractivity contribution in [3.05, 3.63) is 69.3 Å². The molecule has 6 N–H and O–H groups in total. The van der Waals surface area contributed by atoms with Crippen LogP contribution in [0.4, 0.5) is 5.69 Å². The maximum atomic E-state index is 12.8. The van der Waals surface area contributed by atoms with Gasteiger partial charge in [0.25, 0.3) is 11.5 Å². The number of aromatic nitrogens is 2. The molecular formula is C30H33N5O9. The van der Waals surface area contributed by atoms with Crippen LogP contribution in [0.25, 0.3) is 10.9 Å². The Morgan fingerprint density at radius 3 is 2.25 bits per heavy atom. The Morgan fingerprint density at radius 1 is 0.977 bits per heavy atom. The van der Waals surface area contributed by atoms with E-state index >= 15 is 0 Å². The minimum atomic E-state index is -1.44. The van der Waals surface area contributed by atoms with Crippen LogP contribution < -0.4 is 21.1 Å². The van der Waals surface area contributed by atoms with E-state index in [1.165, 1.54) is 0 Å². The van der Waals surface area contributed by atoms with Gasteiger partial charge in [-0.3, -0.25) is 19.2 Å². The standard InChI is InChI=1S/C30H33N5O9/c1-15-31-23-13-17-5-10-24(19(17)14-20(23)28(40)32-15)35(2)18-6-3-16(4-7-18)27(39)34-22(30(43)44)8-11-25(36)33-21(29(41)42)9-12-26(37)38/h3-4,6-7,13-14,21-22,24H,5,8-12H2,1-2H3,(H,33,36)(H,34,39)(H,37,38)(H,41,42)(H,43,44)(H,31,32,40)/t21-,22+,24?/m1/s1. The molecule has 1 heterocycles. The summed E-state index contributed by atoms with van der Waals surface area (Å²) in [5.41, 5.74) is 3.61. The number of hydrogen-bond acceptors (Lipinski definition) is 8. The average Bonchev–Trinajstić information content (AvgIpc) is 3.38. The topological polar surface area (TPSA) is 219 Å². The maximum absolute atomic E-state index is 12.8. The van der Waals surface area contributed by atoms with E-state index in [0.29, 0.717) is 16.7 Å². The molecule has 4 rings (SSSR count). The lowest BCUT2D eigenvalue weighted by Crippen LogP contribution is -2.44. The van der Waals surface area contributed by atoms with Crippen LogP contribution in [0, 0.1) is 6.92 Å². The number of aliphatic carboxylic acids is 3. The van der Waals surface area contributed by atoms with Crippen molar-refractivity contribution in [1.29, 1.82) is 0 Å². The smallest absolute Gasteiger partial charge is 0.326 e. The lowest BCUT2D eigenvalue weighted by atomic mass is 10.0. The summed E-state index contributed by atoms with van der Waals surface area (Å²) in [6.45, 7) is 1.74. The first-order valence-electron chi connectivity index (χ1n) is 14.0. The van der Waals surface area contributed by atoms with Crippen molar-refractivity contribution in [3.63, 3.8) is 0 Å². The number of carboxylic acid groups (broad SMARTS) is 3. The van der Waals surface area contributed by atoms with E-state index in [4.69, 9.17) is 5.11 Å². The number of amides is 2. The first kappa shape index (κ1) is 31.7. The summed E-state index contributed by atoms with van der Waals surface area (Å²) in [5.74, 6) is -4.91. The summed E-state index contributed by atoms with van der Waals surface area (Å²) in [5, 5.41) is 32.6.